The molecule has 1 amide bonds. The van der Waals surface area contributed by atoms with Crippen molar-refractivity contribution in [3.63, 3.8) is 0 Å². The lowest BCUT2D eigenvalue weighted by atomic mass is 10.0. The average molecular weight is 1110 g/mol. The van der Waals surface area contributed by atoms with E-state index in [2.05, 4.69) is 19.2 Å². The number of nitrogens with one attached hydrogen (secondary N) is 1. The third-order valence-electron chi connectivity index (χ3n) is 16.3. The molecule has 77 heavy (non-hydrogen) atoms. The van der Waals surface area contributed by atoms with Gasteiger partial charge < -0.3 is 19.8 Å². The molecule has 0 radical (unpaired) electrons. The summed E-state index contributed by atoms with van der Waals surface area (Å²) in [6, 6.07) is -0.843. The first-order valence-electron chi connectivity index (χ1n) is 34.6. The van der Waals surface area contributed by atoms with E-state index >= 15 is 0 Å². The zero-order valence-corrected chi connectivity index (χ0v) is 53.6. The van der Waals surface area contributed by atoms with Crippen molar-refractivity contribution in [3.8, 4) is 0 Å². The van der Waals surface area contributed by atoms with E-state index in [4.69, 9.17) is 9.05 Å². The lowest BCUT2D eigenvalue weighted by molar-refractivity contribution is -0.870. The fraction of sp³-hybridized carbons (Fsp3) is 0.956. The first-order valence-corrected chi connectivity index (χ1v) is 36.1. The Kier molecular flexibility index (Phi) is 59.3. The van der Waals surface area contributed by atoms with Gasteiger partial charge in [0.1, 0.15) is 13.2 Å². The molecule has 460 valence electrons. The smallest absolute Gasteiger partial charge is 0.387 e. The normalized spacial score (nSPS) is 13.7. The van der Waals surface area contributed by atoms with Crippen molar-refractivity contribution in [2.75, 3.05) is 40.9 Å². The van der Waals surface area contributed by atoms with Crippen LogP contribution in [-0.4, -0.2) is 73.4 Å². The summed E-state index contributed by atoms with van der Waals surface area (Å²) in [5, 5.41) is 14.0. The predicted octanol–water partition coefficient (Wildman–Crippen LogP) is 21.7. The predicted molar refractivity (Wildman–Crippen MR) is 337 cm³/mol. The molecule has 0 aromatic heterocycles. The third kappa shape index (κ3) is 62.7. The standard InChI is InChI=1S/C68H137N2O6P/c1-6-8-10-12-14-16-18-20-22-24-26-28-30-31-32-33-34-35-36-37-38-39-40-42-44-46-48-50-52-54-56-58-60-62-68(72)69-66(65-76-77(73,74)75-64-63-70(3,4)5)67(71)61-59-57-55-53-51-49-47-45-43-41-29-27-25-23-21-19-17-15-13-11-9-7-2/h59,61,66-67,71H,6-58,60,62-65H2,1-5H3,(H-,69,72,73,74)/p+1/b61-59+. The van der Waals surface area contributed by atoms with Crippen LogP contribution in [0.15, 0.2) is 12.2 Å². The number of rotatable bonds is 65. The maximum absolute atomic E-state index is 13.0. The number of nitrogens with zero attached hydrogens (tertiary/aromatic N) is 1. The van der Waals surface area contributed by atoms with Crippen LogP contribution in [0.25, 0.3) is 0 Å². The number of hydrogen-bond acceptors (Lipinski definition) is 5. The first kappa shape index (κ1) is 76.2. The van der Waals surface area contributed by atoms with Crippen molar-refractivity contribution in [1.82, 2.24) is 5.32 Å². The molecule has 0 heterocycles. The Morgan fingerprint density at radius 1 is 0.429 bits per heavy atom. The maximum Gasteiger partial charge on any atom is 0.472 e. The van der Waals surface area contributed by atoms with E-state index in [0.717, 1.165) is 32.1 Å². The summed E-state index contributed by atoms with van der Waals surface area (Å²) in [6.07, 6.45) is 76.5. The van der Waals surface area contributed by atoms with Gasteiger partial charge in [-0.25, -0.2) is 4.57 Å². The summed E-state index contributed by atoms with van der Waals surface area (Å²) in [7, 11) is 1.60. The van der Waals surface area contributed by atoms with Crippen molar-refractivity contribution in [3.05, 3.63) is 12.2 Å². The molecule has 0 aliphatic rings. The Hall–Kier alpha value is -0.760. The van der Waals surface area contributed by atoms with Crippen LogP contribution in [-0.2, 0) is 18.4 Å². The molecule has 3 unspecified atom stereocenters. The number of phosphoric ester groups is 1. The number of amides is 1. The Morgan fingerprint density at radius 2 is 0.688 bits per heavy atom. The second-order valence-electron chi connectivity index (χ2n) is 25.3. The molecule has 9 heteroatoms. The largest absolute Gasteiger partial charge is 0.472 e. The third-order valence-corrected chi connectivity index (χ3v) is 17.2. The fourth-order valence-electron chi connectivity index (χ4n) is 10.9. The highest BCUT2D eigenvalue weighted by atomic mass is 31.2. The quantitative estimate of drug-likeness (QED) is 0.0243. The van der Waals surface area contributed by atoms with E-state index in [-0.39, 0.29) is 19.1 Å². The molecule has 0 rings (SSSR count). The molecule has 0 aromatic rings. The van der Waals surface area contributed by atoms with Crippen LogP contribution in [0.5, 0.6) is 0 Å². The fourth-order valence-corrected chi connectivity index (χ4v) is 11.6. The second-order valence-corrected chi connectivity index (χ2v) is 26.7. The number of aliphatic hydroxyl groups is 1. The zero-order chi connectivity index (χ0) is 56.3. The number of unbranched alkanes of at least 4 members (excludes halogenated alkanes) is 52. The number of allylic oxidation sites excluding steroid dienone is 1. The number of hydrogen-bond donors (Lipinski definition) is 3. The van der Waals surface area contributed by atoms with E-state index < -0.39 is 20.0 Å². The van der Waals surface area contributed by atoms with Crippen LogP contribution in [0.1, 0.15) is 367 Å². The SMILES string of the molecule is CCCCCCCCCCCCCCCCCCCCCC/C=C/C(O)C(COP(=O)(O)OCC[N+](C)(C)C)NC(=O)CCCCCCCCCCCCCCCCCCCCCCCCCCCCCCCCCCC. The molecule has 0 aliphatic carbocycles. The van der Waals surface area contributed by atoms with E-state index in [0.29, 0.717) is 17.4 Å². The van der Waals surface area contributed by atoms with Crippen LogP contribution in [0.3, 0.4) is 0 Å². The molecule has 8 nitrogen and oxygen atoms in total. The molecule has 3 atom stereocenters. The van der Waals surface area contributed by atoms with Gasteiger partial charge in [0.15, 0.2) is 0 Å². The van der Waals surface area contributed by atoms with Gasteiger partial charge in [-0.3, -0.25) is 13.8 Å². The highest BCUT2D eigenvalue weighted by Gasteiger charge is 2.28. The molecular weight excluding hydrogens is 972 g/mol. The van der Waals surface area contributed by atoms with E-state index in [1.807, 2.05) is 27.2 Å². The van der Waals surface area contributed by atoms with Crippen LogP contribution in [0.4, 0.5) is 0 Å². The summed E-state index contributed by atoms with van der Waals surface area (Å²) in [5.74, 6) is -0.167. The molecule has 3 N–H and O–H groups in total. The van der Waals surface area contributed by atoms with Gasteiger partial charge in [-0.2, -0.15) is 0 Å². The minimum Gasteiger partial charge on any atom is -0.387 e. The zero-order valence-electron chi connectivity index (χ0n) is 52.7. The summed E-state index contributed by atoms with van der Waals surface area (Å²) >= 11 is 0. The van der Waals surface area contributed by atoms with Gasteiger partial charge in [0.25, 0.3) is 0 Å². The van der Waals surface area contributed by atoms with Gasteiger partial charge in [-0.05, 0) is 19.3 Å². The van der Waals surface area contributed by atoms with Gasteiger partial charge in [-0.15, -0.1) is 0 Å². The van der Waals surface area contributed by atoms with Gasteiger partial charge in [0.2, 0.25) is 5.91 Å². The van der Waals surface area contributed by atoms with E-state index in [1.54, 1.807) is 6.08 Å². The maximum atomic E-state index is 13.0. The van der Waals surface area contributed by atoms with Crippen LogP contribution < -0.4 is 5.32 Å². The molecule has 0 saturated carbocycles. The summed E-state index contributed by atoms with van der Waals surface area (Å²) < 4.78 is 23.8. The highest BCUT2D eigenvalue weighted by molar-refractivity contribution is 7.47. The number of carbonyl (C=O) groups is 1. The van der Waals surface area contributed by atoms with Crippen LogP contribution in [0, 0.1) is 0 Å². The second kappa shape index (κ2) is 59.8. The average Bonchev–Trinajstić information content (AvgIpc) is 3.39. The monoisotopic (exact) mass is 1110 g/mol. The Morgan fingerprint density at radius 3 is 0.961 bits per heavy atom. The van der Waals surface area contributed by atoms with Gasteiger partial charge in [0.05, 0.1) is 39.9 Å². The summed E-state index contributed by atoms with van der Waals surface area (Å²) in [5.41, 5.74) is 0. The summed E-state index contributed by atoms with van der Waals surface area (Å²) in [4.78, 5) is 23.4. The Balaban J connectivity index is 3.99. The van der Waals surface area contributed by atoms with Crippen LogP contribution in [0.2, 0.25) is 0 Å². The van der Waals surface area contributed by atoms with Crippen molar-refractivity contribution in [1.29, 1.82) is 0 Å². The van der Waals surface area contributed by atoms with Crippen molar-refractivity contribution < 1.29 is 32.9 Å². The van der Waals surface area contributed by atoms with Gasteiger partial charge >= 0.3 is 7.82 Å². The van der Waals surface area contributed by atoms with Crippen LogP contribution >= 0.6 is 7.82 Å². The highest BCUT2D eigenvalue weighted by Crippen LogP contribution is 2.43. The minimum atomic E-state index is -4.35. The summed E-state index contributed by atoms with van der Waals surface area (Å²) in [6.45, 7) is 4.89. The number of aliphatic hydroxyl groups excluding tert-OH is 1. The molecule has 0 aliphatic heterocycles. The lowest BCUT2D eigenvalue weighted by Gasteiger charge is -2.25. The number of quaternary nitrogens is 1. The molecule has 0 saturated heterocycles. The molecule has 0 fully saturated rings. The topological polar surface area (TPSA) is 105 Å². The van der Waals surface area contributed by atoms with Gasteiger partial charge in [-0.1, -0.05) is 353 Å². The lowest BCUT2D eigenvalue weighted by Crippen LogP contribution is -2.45. The molecule has 0 spiro atoms. The van der Waals surface area contributed by atoms with Crippen molar-refractivity contribution in [2.24, 2.45) is 0 Å². The van der Waals surface area contributed by atoms with Crippen molar-refractivity contribution in [2.45, 2.75) is 379 Å². The van der Waals surface area contributed by atoms with E-state index in [9.17, 15) is 19.4 Å². The van der Waals surface area contributed by atoms with E-state index in [1.165, 1.54) is 315 Å². The number of carbonyl (C=O) groups excluding carboxylic acids is 1. The molecule has 0 bridgehead atoms. The Bertz CT molecular complexity index is 1260. The Labute approximate surface area is 482 Å². The molecule has 0 aromatic carbocycles. The number of likely N-dealkylation sites (N-methyl/N-ethyl adjacent to an activating group) is 1. The minimum absolute atomic E-state index is 0.0654. The van der Waals surface area contributed by atoms with Crippen molar-refractivity contribution >= 4 is 13.7 Å². The van der Waals surface area contributed by atoms with Gasteiger partial charge in [0, 0.05) is 6.42 Å². The number of phosphoric acid groups is 1. The first-order chi connectivity index (χ1) is 37.5. The molecular formula is C68H138N2O6P+.